The lowest BCUT2D eigenvalue weighted by atomic mass is 10.1. The molecule has 0 spiro atoms. The molecule has 0 saturated heterocycles. The maximum absolute atomic E-state index is 12.6. The Kier molecular flexibility index (Phi) is 8.06. The number of thiophene rings is 1. The molecular weight excluding hydrogens is 411 g/mol. The molecule has 1 atom stereocenters. The minimum Gasteiger partial charge on any atom is -0.340 e. The third-order valence-electron chi connectivity index (χ3n) is 3.62. The van der Waals surface area contributed by atoms with Crippen molar-refractivity contribution >= 4 is 41.1 Å². The molecule has 0 saturated carbocycles. The SMILES string of the molecule is CSCCC(NC(=O)c1ccc(C(F)(F)F)cc1)C(=O)NN=Cc1cccs1. The smallest absolute Gasteiger partial charge is 0.340 e. The molecule has 0 fully saturated rings. The van der Waals surface area contributed by atoms with Gasteiger partial charge in [-0.3, -0.25) is 9.59 Å². The summed E-state index contributed by atoms with van der Waals surface area (Å²) in [4.78, 5) is 25.5. The number of thioether (sulfide) groups is 1. The van der Waals surface area contributed by atoms with Crippen molar-refractivity contribution in [2.24, 2.45) is 5.10 Å². The molecule has 2 amide bonds. The average Bonchev–Trinajstić information content (AvgIpc) is 3.17. The molecule has 1 unspecified atom stereocenters. The standard InChI is InChI=1S/C18H18F3N3O2S2/c1-27-10-8-15(17(26)24-22-11-14-3-2-9-28-14)23-16(25)12-4-6-13(7-5-12)18(19,20)21/h2-7,9,11,15H,8,10H2,1H3,(H,23,25)(H,24,26). The molecule has 0 aliphatic heterocycles. The molecule has 1 aromatic heterocycles. The van der Waals surface area contributed by atoms with Crippen LogP contribution in [0.15, 0.2) is 46.9 Å². The second-order valence-electron chi connectivity index (χ2n) is 5.63. The first-order chi connectivity index (χ1) is 13.3. The summed E-state index contributed by atoms with van der Waals surface area (Å²) in [5.41, 5.74) is 1.58. The van der Waals surface area contributed by atoms with Crippen molar-refractivity contribution in [1.29, 1.82) is 0 Å². The van der Waals surface area contributed by atoms with Crippen LogP contribution in [0.1, 0.15) is 27.2 Å². The number of carbonyl (C=O) groups is 2. The predicted octanol–water partition coefficient (Wildman–Crippen LogP) is 3.77. The zero-order valence-corrected chi connectivity index (χ0v) is 16.5. The highest BCUT2D eigenvalue weighted by Crippen LogP contribution is 2.29. The van der Waals surface area contributed by atoms with Crippen molar-refractivity contribution in [3.63, 3.8) is 0 Å². The van der Waals surface area contributed by atoms with Gasteiger partial charge in [0.2, 0.25) is 0 Å². The lowest BCUT2D eigenvalue weighted by molar-refractivity contribution is -0.137. The lowest BCUT2D eigenvalue weighted by Crippen LogP contribution is -2.45. The number of rotatable bonds is 8. The number of amides is 2. The third-order valence-corrected chi connectivity index (χ3v) is 5.07. The Morgan fingerprint density at radius 1 is 1.25 bits per heavy atom. The zero-order valence-electron chi connectivity index (χ0n) is 14.8. The fraction of sp³-hybridized carbons (Fsp3) is 0.278. The van der Waals surface area contributed by atoms with Gasteiger partial charge in [-0.05, 0) is 54.1 Å². The van der Waals surface area contributed by atoms with Crippen LogP contribution in [0.25, 0.3) is 0 Å². The topological polar surface area (TPSA) is 70.6 Å². The molecule has 2 aromatic rings. The van der Waals surface area contributed by atoms with Gasteiger partial charge in [0, 0.05) is 10.4 Å². The summed E-state index contributed by atoms with van der Waals surface area (Å²) in [5.74, 6) is -0.514. The van der Waals surface area contributed by atoms with Gasteiger partial charge in [0.25, 0.3) is 11.8 Å². The maximum Gasteiger partial charge on any atom is 0.416 e. The maximum atomic E-state index is 12.6. The van der Waals surface area contributed by atoms with Crippen LogP contribution in [0.2, 0.25) is 0 Å². The van der Waals surface area contributed by atoms with Gasteiger partial charge in [-0.2, -0.15) is 30.0 Å². The molecule has 2 N–H and O–H groups in total. The number of hydrogen-bond acceptors (Lipinski definition) is 5. The minimum atomic E-state index is -4.48. The second-order valence-corrected chi connectivity index (χ2v) is 7.60. The van der Waals surface area contributed by atoms with Crippen molar-refractivity contribution in [2.45, 2.75) is 18.6 Å². The van der Waals surface area contributed by atoms with E-state index < -0.39 is 29.6 Å². The Morgan fingerprint density at radius 2 is 1.96 bits per heavy atom. The molecule has 2 rings (SSSR count). The van der Waals surface area contributed by atoms with E-state index in [1.165, 1.54) is 29.3 Å². The quantitative estimate of drug-likeness (QED) is 0.496. The average molecular weight is 429 g/mol. The molecular formula is C18H18F3N3O2S2. The summed E-state index contributed by atoms with van der Waals surface area (Å²) in [6, 6.07) is 6.64. The molecule has 1 aromatic carbocycles. The van der Waals surface area contributed by atoms with E-state index in [0.29, 0.717) is 12.2 Å². The van der Waals surface area contributed by atoms with Crippen LogP contribution < -0.4 is 10.7 Å². The van der Waals surface area contributed by atoms with Crippen LogP contribution >= 0.6 is 23.1 Å². The summed E-state index contributed by atoms with van der Waals surface area (Å²) < 4.78 is 37.9. The molecule has 0 aliphatic carbocycles. The monoisotopic (exact) mass is 429 g/mol. The van der Waals surface area contributed by atoms with E-state index >= 15 is 0 Å². The predicted molar refractivity (Wildman–Crippen MR) is 106 cm³/mol. The Labute approximate surface area is 168 Å². The van der Waals surface area contributed by atoms with Gasteiger partial charge in [0.15, 0.2) is 0 Å². The molecule has 10 heteroatoms. The van der Waals surface area contributed by atoms with Gasteiger partial charge in [-0.15, -0.1) is 11.3 Å². The van der Waals surface area contributed by atoms with Crippen molar-refractivity contribution in [2.75, 3.05) is 12.0 Å². The summed E-state index contributed by atoms with van der Waals surface area (Å²) in [6.07, 6.45) is -0.766. The highest BCUT2D eigenvalue weighted by Gasteiger charge is 2.30. The second kappa shape index (κ2) is 10.3. The van der Waals surface area contributed by atoms with Gasteiger partial charge in [-0.1, -0.05) is 6.07 Å². The zero-order chi connectivity index (χ0) is 20.6. The van der Waals surface area contributed by atoms with E-state index in [0.717, 1.165) is 29.1 Å². The van der Waals surface area contributed by atoms with E-state index in [1.54, 1.807) is 0 Å². The van der Waals surface area contributed by atoms with Gasteiger partial charge in [-0.25, -0.2) is 5.43 Å². The van der Waals surface area contributed by atoms with Crippen molar-refractivity contribution in [1.82, 2.24) is 10.7 Å². The van der Waals surface area contributed by atoms with Crippen LogP contribution in [0.3, 0.4) is 0 Å². The number of hydrazone groups is 1. The van der Waals surface area contributed by atoms with Crippen molar-refractivity contribution in [3.05, 3.63) is 57.8 Å². The van der Waals surface area contributed by atoms with Crippen LogP contribution in [0, 0.1) is 0 Å². The Morgan fingerprint density at radius 3 is 2.54 bits per heavy atom. The van der Waals surface area contributed by atoms with Crippen LogP contribution in [-0.4, -0.2) is 36.1 Å². The normalized spacial score (nSPS) is 12.7. The van der Waals surface area contributed by atoms with Gasteiger partial charge >= 0.3 is 6.18 Å². The number of carbonyl (C=O) groups excluding carboxylic acids is 2. The lowest BCUT2D eigenvalue weighted by Gasteiger charge is -2.17. The first kappa shape index (κ1) is 22.0. The fourth-order valence-corrected chi connectivity index (χ4v) is 3.22. The van der Waals surface area contributed by atoms with Gasteiger partial charge in [0.05, 0.1) is 11.8 Å². The Balaban J connectivity index is 2.01. The highest BCUT2D eigenvalue weighted by atomic mass is 32.2. The minimum absolute atomic E-state index is 0.0389. The van der Waals surface area contributed by atoms with Crippen LogP contribution in [-0.2, 0) is 11.0 Å². The van der Waals surface area contributed by atoms with E-state index in [9.17, 15) is 22.8 Å². The number of hydrogen-bond donors (Lipinski definition) is 2. The van der Waals surface area contributed by atoms with Gasteiger partial charge in [0.1, 0.15) is 6.04 Å². The molecule has 28 heavy (non-hydrogen) atoms. The van der Waals surface area contributed by atoms with Crippen LogP contribution in [0.4, 0.5) is 13.2 Å². The molecule has 1 heterocycles. The number of halogens is 3. The first-order valence-corrected chi connectivity index (χ1v) is 10.4. The van der Waals surface area contributed by atoms with E-state index in [-0.39, 0.29) is 5.56 Å². The molecule has 150 valence electrons. The van der Waals surface area contributed by atoms with E-state index in [4.69, 9.17) is 0 Å². The van der Waals surface area contributed by atoms with Crippen molar-refractivity contribution < 1.29 is 22.8 Å². The highest BCUT2D eigenvalue weighted by molar-refractivity contribution is 7.98. The molecule has 0 bridgehead atoms. The summed E-state index contributed by atoms with van der Waals surface area (Å²) in [5, 5.41) is 8.29. The number of alkyl halides is 3. The first-order valence-electron chi connectivity index (χ1n) is 8.14. The fourth-order valence-electron chi connectivity index (χ4n) is 2.16. The Bertz CT molecular complexity index is 806. The molecule has 0 radical (unpaired) electrons. The van der Waals surface area contributed by atoms with Crippen LogP contribution in [0.5, 0.6) is 0 Å². The Hall–Kier alpha value is -2.33. The molecule has 5 nitrogen and oxygen atoms in total. The summed E-state index contributed by atoms with van der Waals surface area (Å²) in [7, 11) is 0. The largest absolute Gasteiger partial charge is 0.416 e. The van der Waals surface area contributed by atoms with Gasteiger partial charge < -0.3 is 5.32 Å². The number of nitrogens with one attached hydrogen (secondary N) is 2. The summed E-state index contributed by atoms with van der Waals surface area (Å²) in [6.45, 7) is 0. The summed E-state index contributed by atoms with van der Waals surface area (Å²) >= 11 is 2.96. The van der Waals surface area contributed by atoms with E-state index in [2.05, 4.69) is 15.8 Å². The number of nitrogens with zero attached hydrogens (tertiary/aromatic N) is 1. The number of benzene rings is 1. The third kappa shape index (κ3) is 6.68. The van der Waals surface area contributed by atoms with E-state index in [1.807, 2.05) is 23.8 Å². The molecule has 0 aliphatic rings. The van der Waals surface area contributed by atoms with Crippen molar-refractivity contribution in [3.8, 4) is 0 Å².